The van der Waals surface area contributed by atoms with Gasteiger partial charge in [-0.25, -0.2) is 35.9 Å². The van der Waals surface area contributed by atoms with Crippen molar-refractivity contribution in [3.63, 3.8) is 0 Å². The fraction of sp³-hybridized carbons (Fsp3) is 0.290. The third-order valence-electron chi connectivity index (χ3n) is 19.6. The maximum Gasteiger partial charge on any atom is 1.00 e. The van der Waals surface area contributed by atoms with Gasteiger partial charge in [-0.2, -0.15) is 9.65 Å². The number of hydrogen-bond acceptors (Lipinski definition) is 30. The Balaban J connectivity index is -0.000000784. The van der Waals surface area contributed by atoms with E-state index in [2.05, 4.69) is 72.7 Å². The van der Waals surface area contributed by atoms with Crippen LogP contribution in [0.4, 0.5) is 74.9 Å². The number of carbonyl (C=O) groups excluding carboxylic acids is 7. The zero-order valence-corrected chi connectivity index (χ0v) is 77.8. The van der Waals surface area contributed by atoms with Crippen LogP contribution in [0.25, 0.3) is 0 Å². The Bertz CT molecular complexity index is 6810. The van der Waals surface area contributed by atoms with Gasteiger partial charge >= 0.3 is 34.7 Å². The number of carbonyl (C=O) groups is 7. The number of hydrogen-bond donors (Lipinski definition) is 12. The third kappa shape index (κ3) is 33.6. The van der Waals surface area contributed by atoms with Crippen LogP contribution in [0.1, 0.15) is 234 Å². The number of nitriles is 1. The number of fused-ring (bicyclic) bond motifs is 5. The first-order valence-electron chi connectivity index (χ1n) is 40.8. The topological polar surface area (TPSA) is 565 Å². The van der Waals surface area contributed by atoms with E-state index in [1.54, 1.807) is 38.1 Å². The van der Waals surface area contributed by atoms with Gasteiger partial charge in [0.2, 0.25) is 11.2 Å². The number of rotatable bonds is 15. The number of aryl methyl sites for hydroxylation is 2. The maximum atomic E-state index is 14.4. The summed E-state index contributed by atoms with van der Waals surface area (Å²) in [6.07, 6.45) is 1.52. The van der Waals surface area contributed by atoms with Crippen LogP contribution < -0.4 is 96.0 Å². The van der Waals surface area contributed by atoms with Crippen molar-refractivity contribution in [3.05, 3.63) is 352 Å². The number of aliphatic hydroxyl groups excluding tert-OH is 2. The van der Waals surface area contributed by atoms with Crippen LogP contribution in [0.5, 0.6) is 11.5 Å². The van der Waals surface area contributed by atoms with Crippen LogP contribution in [-0.4, -0.2) is 106 Å². The maximum absolute atomic E-state index is 14.4. The predicted octanol–water partition coefficient (Wildman–Crippen LogP) is 16.2. The minimum absolute atomic E-state index is 0. The molecule has 5 aliphatic rings. The number of nitrogens with one attached hydrogen (secondary N) is 8. The van der Waals surface area contributed by atoms with Crippen molar-refractivity contribution in [2.75, 3.05) is 71.0 Å². The first kappa shape index (κ1) is 134. The van der Waals surface area contributed by atoms with E-state index in [0.29, 0.717) is 64.1 Å². The first-order valence-corrected chi connectivity index (χ1v) is 40.9. The van der Waals surface area contributed by atoms with Gasteiger partial charge in [-0.1, -0.05) is 96.2 Å². The molecule has 12 aromatic rings. The van der Waals surface area contributed by atoms with E-state index in [0.717, 1.165) is 66.2 Å². The minimum atomic E-state index is -1.00. The summed E-state index contributed by atoms with van der Waals surface area (Å²) >= 11 is 3.10. The zero-order chi connectivity index (χ0) is 104. The normalized spacial score (nSPS) is 11.5. The molecule has 17 rings (SSSR count). The predicted molar refractivity (Wildman–Crippen MR) is 536 cm³/mol. The van der Waals surface area contributed by atoms with E-state index in [4.69, 9.17) is 53.7 Å². The fourth-order valence-electron chi connectivity index (χ4n) is 12.8. The van der Waals surface area contributed by atoms with Gasteiger partial charge in [0.25, 0.3) is 56.7 Å². The summed E-state index contributed by atoms with van der Waals surface area (Å²) in [5.41, 5.74) is 10.9. The molecule has 146 heavy (non-hydrogen) atoms. The molecule has 46 heteroatoms. The number of nitro benzene ring substituents is 1. The molecule has 2 aromatic heterocycles. The number of furan rings is 2. The number of nitro groups is 1. The average molecular weight is 2170 g/mol. The van der Waals surface area contributed by atoms with Crippen LogP contribution >= 0.6 is 15.9 Å². The Morgan fingerprint density at radius 2 is 0.884 bits per heavy atom. The van der Waals surface area contributed by atoms with Crippen LogP contribution in [0, 0.1) is 94.8 Å². The Kier molecular flexibility index (Phi) is 59.4. The zero-order valence-electron chi connectivity index (χ0n) is 76.3. The number of alkyl halides is 1. The Labute approximate surface area is 856 Å². The summed E-state index contributed by atoms with van der Waals surface area (Å²) in [6.45, 7) is 17.7. The molecule has 7 heterocycles. The largest absolute Gasteiger partial charge is 1.00 e. The van der Waals surface area contributed by atoms with Crippen molar-refractivity contribution in [1.29, 1.82) is 10.5 Å². The van der Waals surface area contributed by atoms with E-state index in [9.17, 15) is 108 Å². The summed E-state index contributed by atoms with van der Waals surface area (Å²) in [4.78, 5) is 156. The second-order valence-electron chi connectivity index (χ2n) is 28.1. The number of ether oxygens (including phenoxy) is 4. The molecule has 0 radical (unpaired) electrons. The molecular formula is C100H117BrCuF8N13O23. The van der Waals surface area contributed by atoms with Crippen LogP contribution in [0.2, 0.25) is 0 Å². The fourth-order valence-corrected chi connectivity index (χ4v) is 13.2. The molecule has 14 N–H and O–H groups in total. The van der Waals surface area contributed by atoms with E-state index < -0.39 is 115 Å². The van der Waals surface area contributed by atoms with Gasteiger partial charge < -0.3 is 104 Å². The summed E-state index contributed by atoms with van der Waals surface area (Å²) in [7, 11) is 5.04. The van der Waals surface area contributed by atoms with Crippen LogP contribution in [-0.2, 0) is 59.3 Å². The molecule has 10 aromatic carbocycles. The van der Waals surface area contributed by atoms with Gasteiger partial charge in [-0.3, -0.25) is 67.2 Å². The van der Waals surface area contributed by atoms with Crippen LogP contribution in [0.3, 0.4) is 0 Å². The van der Waals surface area contributed by atoms with E-state index in [1.165, 1.54) is 95.2 Å². The molecule has 0 bridgehead atoms. The Morgan fingerprint density at radius 3 is 1.32 bits per heavy atom. The molecule has 0 spiro atoms. The summed E-state index contributed by atoms with van der Waals surface area (Å²) in [6, 6.07) is 31.0. The molecule has 5 amide bonds. The van der Waals surface area contributed by atoms with Crippen molar-refractivity contribution < 1.29 is 130 Å². The van der Waals surface area contributed by atoms with E-state index in [-0.39, 0.29) is 203 Å². The number of amides is 5. The molecule has 0 unspecified atom stereocenters. The van der Waals surface area contributed by atoms with E-state index in [1.807, 2.05) is 45.9 Å². The van der Waals surface area contributed by atoms with Gasteiger partial charge in [-0.15, -0.1) is 0 Å². The van der Waals surface area contributed by atoms with Crippen molar-refractivity contribution in [3.8, 4) is 17.6 Å². The number of nitrogen functional groups attached to an aromatic ring is 1. The van der Waals surface area contributed by atoms with Crippen molar-refractivity contribution in [1.82, 2.24) is 26.6 Å². The van der Waals surface area contributed by atoms with E-state index >= 15 is 0 Å². The smallest absolute Gasteiger partial charge is 0.512 e. The summed E-state index contributed by atoms with van der Waals surface area (Å²) < 4.78 is 137. The van der Waals surface area contributed by atoms with Crippen LogP contribution in [0.15, 0.2) is 169 Å². The van der Waals surface area contributed by atoms with Gasteiger partial charge in [0.1, 0.15) is 86.6 Å². The quantitative estimate of drug-likeness (QED) is 0.00663. The Hall–Kier alpha value is -15.9. The molecular weight excluding hydrogens is 2050 g/mol. The second-order valence-corrected chi connectivity index (χ2v) is 28.9. The number of aliphatic hydroxyl groups is 2. The van der Waals surface area contributed by atoms with Gasteiger partial charge in [-0.05, 0) is 181 Å². The number of benzene rings is 7. The molecule has 5 aliphatic heterocycles. The number of anilines is 6. The molecule has 36 nitrogen and oxygen atoms in total. The second kappa shape index (κ2) is 64.6. The van der Waals surface area contributed by atoms with Crippen molar-refractivity contribution in [2.24, 2.45) is 5.73 Å². The molecule has 0 saturated heterocycles. The molecule has 794 valence electrons. The SMILES string of the molecule is C.C.C.C.C.C.C.CCO.CC[C@@H](N)c1ccc(C)o1.CC[C@@H](Nc1c(Nc2c(F)ccc3c2C(=O)NC3)c(=O)c1=O)c1ccc(C)o1.CO.COC(=O)c1cc(F)ccc1Br.COC(=O)c1cc(F)ccc1C#N.COc1c(C)c(=O)c1=O.COc1c(Nc2c(F)ccc3c2C(=O)NC3)c(=O)c1=O.Nc1c(F)ccc2c1C(=O)NC2.O=C1NCc2ccc(F)c([N+](=O)[O-])c21.O=C1NCc2ccc(F)cc21.[2H]CF.[C-]#N.[Cu+]. The number of nitrogens with zero attached hydrogens (tertiary/aromatic N) is 3. The average Bonchev–Trinajstić information content (AvgIpc) is 1.51. The summed E-state index contributed by atoms with van der Waals surface area (Å²) in [5.74, 6) is -4.23. The first-order chi connectivity index (χ1) is 66.1. The molecule has 0 aliphatic carbocycles. The third-order valence-corrected chi connectivity index (χ3v) is 20.3. The number of halogens is 9. The molecule has 0 fully saturated rings. The number of nitrogens with two attached hydrogens (primary N) is 2. The monoisotopic (exact) mass is 2160 g/mol. The molecule has 2 atom stereocenters. The minimum Gasteiger partial charge on any atom is -0.512 e. The van der Waals surface area contributed by atoms with Gasteiger partial charge in [0.05, 0.1) is 104 Å². The van der Waals surface area contributed by atoms with Gasteiger partial charge in [0, 0.05) is 62.0 Å². The molecule has 0 saturated carbocycles. The standard InChI is InChI=1S/C20H18FN3O4.C13H9FN2O4.C9H6FNO2.C8H6BrFO2.C8H5FN2O3.C8H7FN2O.C8H6FNO.C8H13NO.C6H6O3.C2H6O.CH3F.CN.CH4O.7CH4.Cu/c1-3-12(13-7-4-9(2)28-13)23-16-17(19(26)18(16)25)24-15-11(21)6-5-10-8-22-20(27)14(10)15;1-20-12-9(10(17)11(12)18)16-8-6(14)3-2-5-4-15-13(19)7(5)8;1-13-9(12)8-4-7(10)3-2-6(8)5-11;1-12-8(11)6-4-5(10)2-3-7(6)9;9-5-2-1-4-3-10-8(12)6(4)7(5)11(13)14;9-5-2-1-4-3-11-8(12)6(4)7(5)10;9-6-2-1-5-4-10-8(11)7(5)3-6;1-3-7(9)8-5-4-6(2)10-8;1-3-4(7)5(8)6(3)9-2;1-2-3;3*1-2;;;;;;;;/h4-7,12,23-24H,3,8H2,1-2H3,(H,22,27);2-3,16H,4H2,1H3,(H,15,19);2-4H,1H3;2-4H,1H3;1-2H,3H2,(H,10,12);1-2H,3,10H2,(H,11,12);1-3H,4H2,(H,10,11);4-5,7H,3,9H2,1-2H3;1-2H3;3H,2H2,1H3;1H3;;2H,1H3;7*1H4;/q;;;;;;;;;;;-1;;;;;;;;;+1/t12-;;;;;;;7-;;;;;;;;;;;;;/m1......1............./s1/i;;;;;;;;;;1D;;;;;;;;;;. The van der Waals surface area contributed by atoms with Crippen molar-refractivity contribution >= 4 is 97.2 Å². The number of methoxy groups -OCH3 is 4. The Morgan fingerprint density at radius 1 is 0.514 bits per heavy atom. The summed E-state index contributed by atoms with van der Waals surface area (Å²) in [5, 5.41) is 60.8. The van der Waals surface area contributed by atoms with Crippen molar-refractivity contribution in [2.45, 2.75) is 151 Å². The van der Waals surface area contributed by atoms with Gasteiger partial charge in [0.15, 0.2) is 11.5 Å². The number of esters is 2.